The second-order valence-electron chi connectivity index (χ2n) is 5.55. The van der Waals surface area contributed by atoms with Gasteiger partial charge in [0, 0.05) is 19.0 Å². The Hall–Kier alpha value is -1.65. The molecular formula is C15H23N5. The van der Waals surface area contributed by atoms with E-state index in [9.17, 15) is 0 Å². The predicted octanol–water partition coefficient (Wildman–Crippen LogP) is 3.28. The van der Waals surface area contributed by atoms with Gasteiger partial charge in [-0.25, -0.2) is 15.0 Å². The van der Waals surface area contributed by atoms with Crippen molar-refractivity contribution >= 4 is 5.82 Å². The minimum Gasteiger partial charge on any atom is -0.368 e. The largest absolute Gasteiger partial charge is 0.368 e. The lowest BCUT2D eigenvalue weighted by molar-refractivity contribution is 0.592. The van der Waals surface area contributed by atoms with Crippen molar-refractivity contribution in [2.45, 2.75) is 58.4 Å². The Morgan fingerprint density at radius 1 is 1.25 bits per heavy atom. The Balaban J connectivity index is 1.92. The molecule has 3 aliphatic rings. The van der Waals surface area contributed by atoms with E-state index in [1.54, 1.807) is 0 Å². The lowest BCUT2D eigenvalue weighted by atomic mass is 10.2. The molecule has 0 aromatic carbocycles. The van der Waals surface area contributed by atoms with Crippen molar-refractivity contribution in [1.29, 1.82) is 0 Å². The fourth-order valence-electron chi connectivity index (χ4n) is 2.47. The summed E-state index contributed by atoms with van der Waals surface area (Å²) in [7, 11) is 0. The molecule has 0 saturated heterocycles. The molecule has 1 fully saturated rings. The summed E-state index contributed by atoms with van der Waals surface area (Å²) in [4.78, 5) is 14.0. The summed E-state index contributed by atoms with van der Waals surface area (Å²) in [6.07, 6.45) is 8.01. The molecule has 0 aromatic rings. The van der Waals surface area contributed by atoms with E-state index >= 15 is 0 Å². The molecule has 1 aliphatic carbocycles. The third kappa shape index (κ3) is 2.62. The Bertz CT molecular complexity index is 544. The van der Waals surface area contributed by atoms with Crippen LogP contribution in [0, 0.1) is 0 Å². The minimum absolute atomic E-state index is 0.584. The van der Waals surface area contributed by atoms with Gasteiger partial charge in [0.05, 0.1) is 6.33 Å². The van der Waals surface area contributed by atoms with Crippen molar-refractivity contribution in [3.8, 4) is 11.5 Å². The van der Waals surface area contributed by atoms with E-state index in [1.165, 1.54) is 32.1 Å². The van der Waals surface area contributed by atoms with Gasteiger partial charge in [-0.05, 0) is 26.2 Å². The summed E-state index contributed by atoms with van der Waals surface area (Å²) < 4.78 is 2.16. The van der Waals surface area contributed by atoms with Crippen LogP contribution in [0.25, 0.3) is 11.5 Å². The fourth-order valence-corrected chi connectivity index (χ4v) is 2.47. The summed E-state index contributed by atoms with van der Waals surface area (Å²) >= 11 is 0. The zero-order valence-electron chi connectivity index (χ0n) is 12.4. The molecule has 108 valence electrons. The van der Waals surface area contributed by atoms with E-state index in [2.05, 4.69) is 28.7 Å². The van der Waals surface area contributed by atoms with Gasteiger partial charge in [-0.3, -0.25) is 0 Å². The number of unbranched alkanes of at least 4 members (excludes halogenated alkanes) is 2. The van der Waals surface area contributed by atoms with E-state index in [-0.39, 0.29) is 0 Å². The van der Waals surface area contributed by atoms with Crippen molar-refractivity contribution < 1.29 is 0 Å². The Kier molecular flexibility index (Phi) is 3.85. The monoisotopic (exact) mass is 273 g/mol. The van der Waals surface area contributed by atoms with Crippen molar-refractivity contribution in [3.05, 3.63) is 12.2 Å². The van der Waals surface area contributed by atoms with Crippen LogP contribution in [0.5, 0.6) is 0 Å². The van der Waals surface area contributed by atoms with Crippen LogP contribution in [0.3, 0.4) is 0 Å². The summed E-state index contributed by atoms with van der Waals surface area (Å²) in [5.41, 5.74) is 0.938. The first-order valence-corrected chi connectivity index (χ1v) is 7.80. The zero-order chi connectivity index (χ0) is 13.9. The number of rotatable bonds is 7. The van der Waals surface area contributed by atoms with Crippen molar-refractivity contribution in [1.82, 2.24) is 19.5 Å². The average molecular weight is 273 g/mol. The second kappa shape index (κ2) is 5.77. The summed E-state index contributed by atoms with van der Waals surface area (Å²) in [5, 5.41) is 3.29. The SMILES string of the molecule is CCCCCn1cnc(NCC)c2nc(C3CC3)nc1-2. The molecule has 2 aliphatic heterocycles. The van der Waals surface area contributed by atoms with Crippen LogP contribution < -0.4 is 5.32 Å². The summed E-state index contributed by atoms with van der Waals surface area (Å²) in [5.74, 6) is 3.46. The number of nitrogens with one attached hydrogen (secondary N) is 1. The highest BCUT2D eigenvalue weighted by Gasteiger charge is 2.30. The first kappa shape index (κ1) is 13.3. The molecule has 20 heavy (non-hydrogen) atoms. The van der Waals surface area contributed by atoms with Gasteiger partial charge < -0.3 is 9.88 Å². The van der Waals surface area contributed by atoms with Gasteiger partial charge in [-0.15, -0.1) is 0 Å². The van der Waals surface area contributed by atoms with Crippen molar-refractivity contribution in [3.63, 3.8) is 0 Å². The highest BCUT2D eigenvalue weighted by Crippen LogP contribution is 2.40. The third-order valence-corrected chi connectivity index (χ3v) is 3.77. The molecule has 2 heterocycles. The van der Waals surface area contributed by atoms with Crippen LogP contribution in [0.15, 0.2) is 6.33 Å². The molecule has 0 unspecified atom stereocenters. The maximum absolute atomic E-state index is 4.77. The van der Waals surface area contributed by atoms with Crippen molar-refractivity contribution in [2.24, 2.45) is 0 Å². The molecule has 5 heteroatoms. The first-order valence-electron chi connectivity index (χ1n) is 7.80. The number of hydrogen-bond donors (Lipinski definition) is 1. The number of aryl methyl sites for hydroxylation is 1. The molecule has 0 bridgehead atoms. The molecule has 0 aromatic heterocycles. The van der Waals surface area contributed by atoms with Crippen molar-refractivity contribution in [2.75, 3.05) is 11.9 Å². The molecule has 0 amide bonds. The molecule has 0 spiro atoms. The van der Waals surface area contributed by atoms with E-state index in [0.717, 1.165) is 36.3 Å². The Morgan fingerprint density at radius 3 is 2.80 bits per heavy atom. The van der Waals surface area contributed by atoms with Gasteiger partial charge in [0.25, 0.3) is 0 Å². The Labute approximate surface area is 120 Å². The normalized spacial score (nSPS) is 14.9. The number of aromatic nitrogens is 4. The predicted molar refractivity (Wildman–Crippen MR) is 80.1 cm³/mol. The Morgan fingerprint density at radius 2 is 2.10 bits per heavy atom. The van der Waals surface area contributed by atoms with Crippen LogP contribution in [-0.4, -0.2) is 26.1 Å². The summed E-state index contributed by atoms with van der Waals surface area (Å²) in [6.45, 7) is 6.13. The fraction of sp³-hybridized carbons (Fsp3) is 0.667. The average Bonchev–Trinajstić information content (AvgIpc) is 3.20. The topological polar surface area (TPSA) is 55.6 Å². The van der Waals surface area contributed by atoms with E-state index < -0.39 is 0 Å². The number of anilines is 1. The van der Waals surface area contributed by atoms with Crippen LogP contribution in [0.4, 0.5) is 5.82 Å². The number of fused-ring (bicyclic) bond motifs is 1. The maximum atomic E-state index is 4.77. The maximum Gasteiger partial charge on any atom is 0.165 e. The van der Waals surface area contributed by atoms with Gasteiger partial charge in [0.15, 0.2) is 17.3 Å². The molecule has 1 saturated carbocycles. The highest BCUT2D eigenvalue weighted by molar-refractivity contribution is 5.67. The molecular weight excluding hydrogens is 250 g/mol. The smallest absolute Gasteiger partial charge is 0.165 e. The third-order valence-electron chi connectivity index (χ3n) is 3.77. The lowest BCUT2D eigenvalue weighted by Crippen LogP contribution is -2.10. The van der Waals surface area contributed by atoms with E-state index in [0.29, 0.717) is 5.92 Å². The number of nitrogens with zero attached hydrogens (tertiary/aromatic N) is 4. The molecule has 3 rings (SSSR count). The van der Waals surface area contributed by atoms with Gasteiger partial charge in [0.2, 0.25) is 0 Å². The first-order chi connectivity index (χ1) is 9.83. The van der Waals surface area contributed by atoms with Crippen LogP contribution in [0.1, 0.15) is 57.7 Å². The van der Waals surface area contributed by atoms with Crippen LogP contribution >= 0.6 is 0 Å². The number of hydrogen-bond acceptors (Lipinski definition) is 4. The second-order valence-corrected chi connectivity index (χ2v) is 5.55. The van der Waals surface area contributed by atoms with Crippen LogP contribution in [-0.2, 0) is 6.54 Å². The van der Waals surface area contributed by atoms with E-state index in [4.69, 9.17) is 9.97 Å². The van der Waals surface area contributed by atoms with Gasteiger partial charge >= 0.3 is 0 Å². The molecule has 5 nitrogen and oxygen atoms in total. The molecule has 1 N–H and O–H groups in total. The highest BCUT2D eigenvalue weighted by atomic mass is 15.2. The van der Waals surface area contributed by atoms with Gasteiger partial charge in [-0.1, -0.05) is 19.8 Å². The van der Waals surface area contributed by atoms with Crippen LogP contribution in [0.2, 0.25) is 0 Å². The zero-order valence-corrected chi connectivity index (χ0v) is 12.4. The molecule has 0 atom stereocenters. The van der Waals surface area contributed by atoms with Gasteiger partial charge in [0.1, 0.15) is 5.82 Å². The van der Waals surface area contributed by atoms with E-state index in [1.807, 2.05) is 6.33 Å². The van der Waals surface area contributed by atoms with Gasteiger partial charge in [-0.2, -0.15) is 0 Å². The number of imidazole rings is 1. The quantitative estimate of drug-likeness (QED) is 0.787. The summed E-state index contributed by atoms with van der Waals surface area (Å²) in [6, 6.07) is 0. The minimum atomic E-state index is 0.584. The lowest BCUT2D eigenvalue weighted by Gasteiger charge is -2.13. The standard InChI is InChI=1S/C15H23N5/c1-3-5-6-9-20-10-17-14(16-4-2)12-15(20)19-13(18-12)11-7-8-11/h10-11,16H,3-9H2,1-2H3. The molecule has 0 radical (unpaired) electrons.